The van der Waals surface area contributed by atoms with Crippen LogP contribution in [-0.4, -0.2) is 107 Å². The van der Waals surface area contributed by atoms with E-state index in [0.29, 0.717) is 78.3 Å². The smallest absolute Gasteiger partial charge is 0.294 e. The lowest BCUT2D eigenvalue weighted by atomic mass is 9.75. The fraction of sp³-hybridized carbons (Fsp3) is 0.422. The first-order chi connectivity index (χ1) is 31.7. The SMILES string of the molecule is CN1/C(=C/C=C(/C=C/C2=[N+](C)c3ccc(S(=O)(=O)O)cc3C2(C)CCCS(=O)(=O)O)c2ccc(CCCCC(=O)NCCCN=[N+]=[N-])cc2)C(C)(CCCS(=O)(=O)O)c2cc(S(=O)(=O)O)ccc21. The Morgan fingerprint density at radius 2 is 1.38 bits per heavy atom. The van der Waals surface area contributed by atoms with Crippen LogP contribution < -0.4 is 10.2 Å². The lowest BCUT2D eigenvalue weighted by Gasteiger charge is -2.29. The minimum Gasteiger partial charge on any atom is -0.356 e. The van der Waals surface area contributed by atoms with E-state index in [2.05, 4.69) is 15.3 Å². The fourth-order valence-corrected chi connectivity index (χ4v) is 11.0. The molecule has 19 nitrogen and oxygen atoms in total. The van der Waals surface area contributed by atoms with Crippen molar-refractivity contribution in [1.29, 1.82) is 0 Å². The number of aryl methyl sites for hydroxylation is 1. The van der Waals surface area contributed by atoms with Gasteiger partial charge in [0.25, 0.3) is 40.5 Å². The molecule has 2 unspecified atom stereocenters. The van der Waals surface area contributed by atoms with Gasteiger partial charge in [-0.3, -0.25) is 23.0 Å². The summed E-state index contributed by atoms with van der Waals surface area (Å²) in [5.74, 6) is -1.21. The first kappa shape index (κ1) is 53.7. The maximum absolute atomic E-state index is 12.3. The van der Waals surface area contributed by atoms with Crippen molar-refractivity contribution in [2.45, 2.75) is 92.3 Å². The zero-order valence-corrected chi connectivity index (χ0v) is 41.4. The van der Waals surface area contributed by atoms with Gasteiger partial charge in [-0.15, -0.1) is 0 Å². The molecule has 3 aromatic rings. The molecule has 0 bridgehead atoms. The average molecular weight is 1020 g/mol. The van der Waals surface area contributed by atoms with E-state index in [9.17, 15) is 56.7 Å². The Kier molecular flexibility index (Phi) is 17.1. The van der Waals surface area contributed by atoms with Crippen LogP contribution in [0, 0.1) is 0 Å². The molecule has 1 amide bonds. The van der Waals surface area contributed by atoms with Gasteiger partial charge in [0.15, 0.2) is 5.71 Å². The van der Waals surface area contributed by atoms with Crippen LogP contribution in [-0.2, 0) is 62.5 Å². The van der Waals surface area contributed by atoms with Gasteiger partial charge >= 0.3 is 0 Å². The van der Waals surface area contributed by atoms with Crippen LogP contribution in [0.2, 0.25) is 0 Å². The topological polar surface area (TPSA) is 302 Å². The van der Waals surface area contributed by atoms with E-state index in [-0.39, 0.29) is 41.4 Å². The maximum atomic E-state index is 12.3. The summed E-state index contributed by atoms with van der Waals surface area (Å²) in [5.41, 5.74) is 12.2. The molecule has 5 rings (SSSR count). The molecule has 23 heteroatoms. The molecule has 2 aliphatic heterocycles. The highest BCUT2D eigenvalue weighted by molar-refractivity contribution is 7.86. The normalized spacial score (nSPS) is 19.4. The predicted molar refractivity (Wildman–Crippen MR) is 259 cm³/mol. The van der Waals surface area contributed by atoms with Crippen molar-refractivity contribution < 1.29 is 61.3 Å². The van der Waals surface area contributed by atoms with E-state index in [4.69, 9.17) is 5.53 Å². The van der Waals surface area contributed by atoms with Crippen LogP contribution >= 0.6 is 0 Å². The number of nitrogens with zero attached hydrogens (tertiary/aromatic N) is 5. The summed E-state index contributed by atoms with van der Waals surface area (Å²) >= 11 is 0. The number of rotatable bonds is 23. The Bertz CT molecular complexity index is 3060. The minimum absolute atomic E-state index is 0.00177. The summed E-state index contributed by atoms with van der Waals surface area (Å²) in [7, 11) is -14.4. The van der Waals surface area contributed by atoms with Gasteiger partial charge in [0, 0.05) is 66.0 Å². The molecule has 2 heterocycles. The Balaban J connectivity index is 1.58. The zero-order chi connectivity index (χ0) is 50.3. The van der Waals surface area contributed by atoms with Crippen LogP contribution in [0.3, 0.4) is 0 Å². The van der Waals surface area contributed by atoms with E-state index in [0.717, 1.165) is 17.5 Å². The number of allylic oxidation sites excluding steroid dienone is 6. The summed E-state index contributed by atoms with van der Waals surface area (Å²) in [6.07, 6.45) is 10.5. The van der Waals surface area contributed by atoms with E-state index in [1.807, 2.05) is 71.9 Å². The summed E-state index contributed by atoms with van der Waals surface area (Å²) in [6, 6.07) is 16.1. The van der Waals surface area contributed by atoms with E-state index in [1.165, 1.54) is 24.3 Å². The van der Waals surface area contributed by atoms with Crippen molar-refractivity contribution in [3.8, 4) is 0 Å². The molecule has 0 spiro atoms. The molecule has 0 saturated carbocycles. The molecule has 2 aliphatic rings. The summed E-state index contributed by atoms with van der Waals surface area (Å²) in [4.78, 5) is 16.1. The second kappa shape index (κ2) is 21.6. The average Bonchev–Trinajstić information content (AvgIpc) is 3.58. The number of azide groups is 1. The molecule has 0 fully saturated rings. The van der Waals surface area contributed by atoms with Crippen molar-refractivity contribution in [2.24, 2.45) is 5.11 Å². The molecule has 0 aromatic heterocycles. The monoisotopic (exact) mass is 1020 g/mol. The lowest BCUT2D eigenvalue weighted by molar-refractivity contribution is -0.401. The molecule has 3 aromatic carbocycles. The second-order valence-electron chi connectivity index (χ2n) is 17.3. The Hall–Kier alpha value is -5.23. The fourth-order valence-electron chi connectivity index (χ4n) is 9.00. The minimum atomic E-state index is -4.62. The molecular weight excluding hydrogens is 961 g/mol. The predicted octanol–water partition coefficient (Wildman–Crippen LogP) is 6.96. The number of unbranched alkanes of at least 4 members (excludes halogenated alkanes) is 1. The number of fused-ring (bicyclic) bond motifs is 2. The highest BCUT2D eigenvalue weighted by Crippen LogP contribution is 2.51. The zero-order valence-electron chi connectivity index (χ0n) is 38.1. The van der Waals surface area contributed by atoms with Crippen molar-refractivity contribution in [2.75, 3.05) is 43.6 Å². The second-order valence-corrected chi connectivity index (χ2v) is 23.3. The Morgan fingerprint density at radius 3 is 1.97 bits per heavy atom. The number of carbonyl (C=O) groups excluding carboxylic acids is 1. The van der Waals surface area contributed by atoms with Crippen LogP contribution in [0.1, 0.15) is 87.5 Å². The first-order valence-electron chi connectivity index (χ1n) is 21.6. The highest BCUT2D eigenvalue weighted by Gasteiger charge is 2.47. The van der Waals surface area contributed by atoms with Crippen LogP contribution in [0.4, 0.5) is 11.4 Å². The van der Waals surface area contributed by atoms with Crippen molar-refractivity contribution in [3.05, 3.63) is 123 Å². The molecule has 0 aliphatic carbocycles. The Labute approximate surface area is 398 Å². The highest BCUT2D eigenvalue weighted by atomic mass is 32.2. The number of anilines is 1. The van der Waals surface area contributed by atoms with Gasteiger partial charge in [-0.2, -0.15) is 38.2 Å². The number of likely N-dealkylation sites (N-methyl/N-ethyl adjacent to an activating group) is 1. The van der Waals surface area contributed by atoms with Crippen LogP contribution in [0.25, 0.3) is 16.0 Å². The van der Waals surface area contributed by atoms with Gasteiger partial charge in [0.05, 0.1) is 26.7 Å². The molecule has 2 atom stereocenters. The van der Waals surface area contributed by atoms with Gasteiger partial charge in [-0.25, -0.2) is 0 Å². The third-order valence-electron chi connectivity index (χ3n) is 12.5. The quantitative estimate of drug-likeness (QED) is 0.0122. The van der Waals surface area contributed by atoms with E-state index in [1.54, 1.807) is 26.2 Å². The van der Waals surface area contributed by atoms with E-state index >= 15 is 0 Å². The standard InChI is InChI=1S/C45H56N6O13S4/c1-44(24-7-28-65(53,54)55)37-30-35(67(59,60)61)18-20-39(37)50(3)41(44)22-16-34(33-14-12-32(13-15-33)10-5-6-11-43(52)47-26-9-27-48-49-46)17-23-42-45(2,25-8-29-66(56,57)58)38-31-36(68(62,63)64)19-21-40(38)51(42)4/h12-23,30-31H,5-11,24-29H2,1-4H3,(H4-,47,52,53,54,55,56,57,58,59,60,61,62,63,64)/p+1. The van der Waals surface area contributed by atoms with E-state index < -0.39 is 62.8 Å². The third kappa shape index (κ3) is 13.5. The van der Waals surface area contributed by atoms with Crippen LogP contribution in [0.15, 0.2) is 106 Å². The summed E-state index contributed by atoms with van der Waals surface area (Å²) in [5, 5.41) is 6.27. The maximum Gasteiger partial charge on any atom is 0.294 e. The number of hydrogen-bond donors (Lipinski definition) is 5. The largest absolute Gasteiger partial charge is 0.356 e. The number of carbonyl (C=O) groups is 1. The number of hydrogen-bond acceptors (Lipinski definition) is 11. The molecule has 5 N–H and O–H groups in total. The van der Waals surface area contributed by atoms with Gasteiger partial charge in [0.2, 0.25) is 11.6 Å². The third-order valence-corrected chi connectivity index (χ3v) is 15.8. The molecule has 368 valence electrons. The number of benzene rings is 3. The Morgan fingerprint density at radius 1 is 0.794 bits per heavy atom. The molecule has 68 heavy (non-hydrogen) atoms. The number of nitrogens with one attached hydrogen (secondary N) is 1. The summed E-state index contributed by atoms with van der Waals surface area (Å²) in [6.45, 7) is 4.33. The first-order valence-corrected chi connectivity index (χ1v) is 27.7. The van der Waals surface area contributed by atoms with Gasteiger partial charge < -0.3 is 10.2 Å². The van der Waals surface area contributed by atoms with Crippen molar-refractivity contribution >= 4 is 69.0 Å². The van der Waals surface area contributed by atoms with Gasteiger partial charge in [-0.05, 0) is 135 Å². The van der Waals surface area contributed by atoms with Crippen LogP contribution in [0.5, 0.6) is 0 Å². The van der Waals surface area contributed by atoms with Gasteiger partial charge in [-0.1, -0.05) is 35.5 Å². The molecular formula is C45H57N6O13S4+. The number of amides is 1. The lowest BCUT2D eigenvalue weighted by Crippen LogP contribution is -2.31. The van der Waals surface area contributed by atoms with Gasteiger partial charge in [0.1, 0.15) is 7.05 Å². The molecule has 0 saturated heterocycles. The van der Waals surface area contributed by atoms with Crippen molar-refractivity contribution in [3.63, 3.8) is 0 Å². The summed E-state index contributed by atoms with van der Waals surface area (Å²) < 4.78 is 137. The molecule has 0 radical (unpaired) electrons. The van der Waals surface area contributed by atoms with Crippen molar-refractivity contribution in [1.82, 2.24) is 5.32 Å².